The van der Waals surface area contributed by atoms with E-state index in [2.05, 4.69) is 47.0 Å². The van der Waals surface area contributed by atoms with E-state index in [0.717, 1.165) is 50.9 Å². The van der Waals surface area contributed by atoms with Crippen molar-refractivity contribution >= 4 is 34.0 Å². The van der Waals surface area contributed by atoms with Crippen molar-refractivity contribution in [2.45, 2.75) is 57.4 Å². The smallest absolute Gasteiger partial charge is 0.119 e. The number of fused-ring (bicyclic) bond motifs is 1. The summed E-state index contributed by atoms with van der Waals surface area (Å²) in [6.07, 6.45) is 9.43. The molecule has 5 heteroatoms. The molecule has 0 aliphatic heterocycles. The highest BCUT2D eigenvalue weighted by molar-refractivity contribution is 8.93. The molecule has 1 aliphatic rings. The van der Waals surface area contributed by atoms with E-state index in [4.69, 9.17) is 0 Å². The minimum atomic E-state index is 0. The Morgan fingerprint density at radius 3 is 2.38 bits per heavy atom. The van der Waals surface area contributed by atoms with Gasteiger partial charge in [0.25, 0.3) is 0 Å². The number of nitrogens with one attached hydrogen (secondary N) is 2. The number of hydrogen-bond acceptors (Lipinski definition) is 3. The number of rotatable bonds is 11. The zero-order chi connectivity index (χ0) is 18.7. The molecule has 162 valence electrons. The first-order chi connectivity index (χ1) is 13.3. The zero-order valence-electron chi connectivity index (χ0n) is 17.2. The highest BCUT2D eigenvalue weighted by atomic mass is 79.9. The summed E-state index contributed by atoms with van der Waals surface area (Å²) < 4.78 is 0. The highest BCUT2D eigenvalue weighted by Gasteiger charge is 2.19. The molecule has 1 aliphatic carbocycles. The van der Waals surface area contributed by atoms with Crippen LogP contribution in [0.4, 0.5) is 0 Å². The van der Waals surface area contributed by atoms with Crippen LogP contribution in [0.1, 0.15) is 48.8 Å². The van der Waals surface area contributed by atoms with Gasteiger partial charge < -0.3 is 15.7 Å². The Labute approximate surface area is 197 Å². The zero-order valence-corrected chi connectivity index (χ0v) is 20.7. The Morgan fingerprint density at radius 2 is 1.59 bits per heavy atom. The van der Waals surface area contributed by atoms with Gasteiger partial charge in [0, 0.05) is 6.04 Å². The number of unbranched alkanes of at least 4 members (excludes halogenated alkanes) is 3. The van der Waals surface area contributed by atoms with E-state index in [0.29, 0.717) is 11.8 Å². The van der Waals surface area contributed by atoms with Gasteiger partial charge in [-0.1, -0.05) is 55.3 Å². The van der Waals surface area contributed by atoms with Crippen LogP contribution >= 0.6 is 34.0 Å². The first kappa shape index (κ1) is 26.2. The van der Waals surface area contributed by atoms with Crippen LogP contribution in [0, 0.1) is 0 Å². The molecule has 0 saturated heterocycles. The molecule has 0 bridgehead atoms. The first-order valence-corrected chi connectivity index (χ1v) is 10.6. The van der Waals surface area contributed by atoms with Crippen LogP contribution in [0.2, 0.25) is 0 Å². The minimum absolute atomic E-state index is 0. The summed E-state index contributed by atoms with van der Waals surface area (Å²) in [7, 11) is 0. The number of hydrogen-bond donors (Lipinski definition) is 3. The van der Waals surface area contributed by atoms with Crippen LogP contribution in [0.25, 0.3) is 0 Å². The molecule has 0 spiro atoms. The number of benzene rings is 2. The number of halogens is 2. The average molecular weight is 528 g/mol. The quantitative estimate of drug-likeness (QED) is 0.343. The third-order valence-electron chi connectivity index (χ3n) is 5.60. The fraction of sp³-hybridized carbons (Fsp3) is 0.500. The van der Waals surface area contributed by atoms with Crippen molar-refractivity contribution in [1.29, 1.82) is 0 Å². The van der Waals surface area contributed by atoms with Gasteiger partial charge >= 0.3 is 0 Å². The Kier molecular flexibility index (Phi) is 13.5. The van der Waals surface area contributed by atoms with Crippen molar-refractivity contribution in [3.8, 4) is 5.75 Å². The van der Waals surface area contributed by atoms with Crippen LogP contribution in [-0.4, -0.2) is 30.8 Å². The Bertz CT molecular complexity index is 682. The van der Waals surface area contributed by atoms with Crippen molar-refractivity contribution in [3.05, 3.63) is 65.2 Å². The second-order valence-electron chi connectivity index (χ2n) is 7.71. The van der Waals surface area contributed by atoms with Gasteiger partial charge in [0.05, 0.1) is 0 Å². The van der Waals surface area contributed by atoms with Gasteiger partial charge in [-0.3, -0.25) is 0 Å². The van der Waals surface area contributed by atoms with Crippen LogP contribution in [0.5, 0.6) is 5.75 Å². The van der Waals surface area contributed by atoms with Crippen LogP contribution < -0.4 is 10.6 Å². The lowest BCUT2D eigenvalue weighted by Crippen LogP contribution is -2.35. The fourth-order valence-electron chi connectivity index (χ4n) is 4.00. The molecule has 29 heavy (non-hydrogen) atoms. The Hall–Kier alpha value is -0.880. The van der Waals surface area contributed by atoms with E-state index in [1.165, 1.54) is 36.8 Å². The van der Waals surface area contributed by atoms with Gasteiger partial charge in [0.1, 0.15) is 5.75 Å². The standard InChI is InChI=1S/C24H34N2O.2BrH/c27-24-12-8-11-21-19-22(13-14-23(21)24)26-17-7-2-1-6-16-25-18-15-20-9-4-3-5-10-20;;/h3-5,8-12,22,25-27H,1-2,6-7,13-19H2;2*1H. The van der Waals surface area contributed by atoms with Gasteiger partial charge in [-0.15, -0.1) is 34.0 Å². The normalized spacial score (nSPS) is 15.1. The predicted molar refractivity (Wildman–Crippen MR) is 134 cm³/mol. The van der Waals surface area contributed by atoms with Crippen LogP contribution in [0.3, 0.4) is 0 Å². The third-order valence-corrected chi connectivity index (χ3v) is 5.60. The van der Waals surface area contributed by atoms with Crippen LogP contribution in [-0.2, 0) is 19.3 Å². The molecule has 0 saturated carbocycles. The van der Waals surface area contributed by atoms with Crippen molar-refractivity contribution in [3.63, 3.8) is 0 Å². The second-order valence-corrected chi connectivity index (χ2v) is 7.71. The van der Waals surface area contributed by atoms with E-state index in [9.17, 15) is 5.11 Å². The average Bonchev–Trinajstić information content (AvgIpc) is 2.70. The van der Waals surface area contributed by atoms with E-state index in [-0.39, 0.29) is 34.0 Å². The predicted octanol–water partition coefficient (Wildman–Crippen LogP) is 5.39. The van der Waals surface area contributed by atoms with E-state index in [1.54, 1.807) is 0 Å². The molecule has 0 amide bonds. The summed E-state index contributed by atoms with van der Waals surface area (Å²) in [5, 5.41) is 17.2. The third kappa shape index (κ3) is 9.20. The maximum Gasteiger partial charge on any atom is 0.119 e. The molecule has 0 fully saturated rings. The van der Waals surface area contributed by atoms with Crippen molar-refractivity contribution in [2.75, 3.05) is 19.6 Å². The summed E-state index contributed by atoms with van der Waals surface area (Å²) in [5.41, 5.74) is 3.90. The highest BCUT2D eigenvalue weighted by Crippen LogP contribution is 2.28. The Morgan fingerprint density at radius 1 is 0.828 bits per heavy atom. The van der Waals surface area contributed by atoms with Gasteiger partial charge in [-0.25, -0.2) is 0 Å². The van der Waals surface area contributed by atoms with E-state index >= 15 is 0 Å². The molecule has 0 radical (unpaired) electrons. The minimum Gasteiger partial charge on any atom is -0.508 e. The summed E-state index contributed by atoms with van der Waals surface area (Å²) in [5.74, 6) is 0.475. The number of aromatic hydroxyl groups is 1. The Balaban J connectivity index is 0.00000210. The first-order valence-electron chi connectivity index (χ1n) is 10.6. The summed E-state index contributed by atoms with van der Waals surface area (Å²) in [6.45, 7) is 3.31. The monoisotopic (exact) mass is 526 g/mol. The molecule has 1 unspecified atom stereocenters. The summed E-state index contributed by atoms with van der Waals surface area (Å²) in [4.78, 5) is 0. The van der Waals surface area contributed by atoms with Gasteiger partial charge in [-0.05, 0) is 80.9 Å². The second kappa shape index (κ2) is 15.0. The molecule has 2 aromatic rings. The maximum atomic E-state index is 9.93. The van der Waals surface area contributed by atoms with Crippen molar-refractivity contribution in [2.24, 2.45) is 0 Å². The molecule has 3 nitrogen and oxygen atoms in total. The molecule has 0 aromatic heterocycles. The molecule has 3 N–H and O–H groups in total. The topological polar surface area (TPSA) is 44.3 Å². The lowest BCUT2D eigenvalue weighted by molar-refractivity contribution is 0.426. The van der Waals surface area contributed by atoms with Gasteiger partial charge in [0.2, 0.25) is 0 Å². The molecular formula is C24H36Br2N2O. The maximum absolute atomic E-state index is 9.93. The molecular weight excluding hydrogens is 492 g/mol. The SMILES string of the molecule is Br.Br.Oc1cccc2c1CCC(NCCCCCCNCCc1ccccc1)C2. The number of phenols is 1. The summed E-state index contributed by atoms with van der Waals surface area (Å²) >= 11 is 0. The molecule has 1 atom stereocenters. The summed E-state index contributed by atoms with van der Waals surface area (Å²) in [6, 6.07) is 17.2. The molecule has 0 heterocycles. The van der Waals surface area contributed by atoms with Gasteiger partial charge in [0.15, 0.2) is 0 Å². The van der Waals surface area contributed by atoms with Gasteiger partial charge in [-0.2, -0.15) is 0 Å². The van der Waals surface area contributed by atoms with Crippen molar-refractivity contribution < 1.29 is 5.11 Å². The fourth-order valence-corrected chi connectivity index (χ4v) is 4.00. The lowest BCUT2D eigenvalue weighted by atomic mass is 9.87. The van der Waals surface area contributed by atoms with Crippen molar-refractivity contribution in [1.82, 2.24) is 10.6 Å². The van der Waals surface area contributed by atoms with E-state index in [1.807, 2.05) is 12.1 Å². The molecule has 3 rings (SSSR count). The van der Waals surface area contributed by atoms with Crippen LogP contribution in [0.15, 0.2) is 48.5 Å². The number of phenolic OH excluding ortho intramolecular Hbond substituents is 1. The lowest BCUT2D eigenvalue weighted by Gasteiger charge is -2.26. The molecule has 2 aromatic carbocycles. The van der Waals surface area contributed by atoms with E-state index < -0.39 is 0 Å². The largest absolute Gasteiger partial charge is 0.508 e.